The van der Waals surface area contributed by atoms with E-state index in [1.54, 1.807) is 25.4 Å². The second-order valence-corrected chi connectivity index (χ2v) is 2.62. The van der Waals surface area contributed by atoms with Crippen molar-refractivity contribution in [2.75, 3.05) is 0 Å². The highest BCUT2D eigenvalue weighted by Crippen LogP contribution is 2.11. The Morgan fingerprint density at radius 3 is 3.00 bits per heavy atom. The lowest BCUT2D eigenvalue weighted by molar-refractivity contribution is -0.128. The predicted octanol–water partition coefficient (Wildman–Crippen LogP) is 2.18. The summed E-state index contributed by atoms with van der Waals surface area (Å²) in [4.78, 5) is 14.7. The molecule has 3 nitrogen and oxygen atoms in total. The Labute approximate surface area is 81.2 Å². The summed E-state index contributed by atoms with van der Waals surface area (Å²) in [7, 11) is 0. The molecule has 0 aliphatic carbocycles. The van der Waals surface area contributed by atoms with Gasteiger partial charge in [-0.25, -0.2) is 4.79 Å². The van der Waals surface area contributed by atoms with Crippen molar-refractivity contribution in [3.63, 3.8) is 0 Å². The fourth-order valence-electron chi connectivity index (χ4n) is 0.878. The molecule has 4 heteroatoms. The molecule has 1 rings (SSSR count). The molecule has 68 valence electrons. The molecule has 0 N–H and O–H groups in total. The number of hydrogen-bond donors (Lipinski definition) is 0. The Morgan fingerprint density at radius 1 is 1.69 bits per heavy atom. The van der Waals surface area contributed by atoms with Crippen LogP contribution in [0.5, 0.6) is 0 Å². The average molecular weight is 198 g/mol. The molecule has 13 heavy (non-hydrogen) atoms. The Balaban J connectivity index is 2.85. The Morgan fingerprint density at radius 2 is 2.46 bits per heavy atom. The number of carbonyl (C=O) groups excluding carboxylic acids is 1. The maximum atomic E-state index is 10.7. The molecule has 0 fully saturated rings. The summed E-state index contributed by atoms with van der Waals surface area (Å²) in [6.07, 6.45) is 4.63. The quantitative estimate of drug-likeness (QED) is 0.683. The molecule has 0 spiro atoms. The summed E-state index contributed by atoms with van der Waals surface area (Å²) < 4.78 is 3.98. The van der Waals surface area contributed by atoms with Gasteiger partial charge in [0.2, 0.25) is 0 Å². The van der Waals surface area contributed by atoms with Gasteiger partial charge >= 0.3 is 5.97 Å². The number of nitrogens with zero attached hydrogens (tertiary/aromatic N) is 1. The number of hydrogen-bond acceptors (Lipinski definition) is 3. The maximum Gasteiger partial charge on any atom is 0.349 e. The number of rotatable bonds is 2. The molecule has 0 unspecified atom stereocenters. The minimum absolute atomic E-state index is 0.581. The van der Waals surface area contributed by atoms with Crippen molar-refractivity contribution in [2.24, 2.45) is 0 Å². The predicted molar refractivity (Wildman–Crippen MR) is 49.8 cm³/mol. The molecule has 0 amide bonds. The van der Waals surface area contributed by atoms with Gasteiger partial charge in [-0.15, -0.1) is 0 Å². The van der Waals surface area contributed by atoms with Crippen molar-refractivity contribution in [1.82, 2.24) is 4.98 Å². The summed E-state index contributed by atoms with van der Waals surface area (Å²) in [6, 6.07) is 3.64. The van der Waals surface area contributed by atoms with E-state index in [0.717, 1.165) is 11.1 Å². The lowest BCUT2D eigenvalue weighted by Crippen LogP contribution is -1.92. The van der Waals surface area contributed by atoms with Gasteiger partial charge in [-0.2, -0.15) is 0 Å². The molecule has 1 aromatic heterocycles. The second-order valence-electron chi connectivity index (χ2n) is 2.47. The number of carbonyl (C=O) groups is 1. The SMILES string of the molecule is C/C(=C\C(=O)OCl)c1cccnc1. The highest BCUT2D eigenvalue weighted by Gasteiger charge is 1.99. The largest absolute Gasteiger partial charge is 0.349 e. The average Bonchev–Trinajstić information content (AvgIpc) is 2.19. The summed E-state index contributed by atoms with van der Waals surface area (Å²) in [5, 5.41) is 0. The molecule has 0 aliphatic rings. The fraction of sp³-hybridized carbons (Fsp3) is 0.111. The highest BCUT2D eigenvalue weighted by atomic mass is 35.5. The molecule has 0 saturated carbocycles. The molecule has 0 saturated heterocycles. The van der Waals surface area contributed by atoms with E-state index in [-0.39, 0.29) is 0 Å². The summed E-state index contributed by atoms with van der Waals surface area (Å²) in [5.41, 5.74) is 1.63. The minimum Gasteiger partial charge on any atom is -0.344 e. The van der Waals surface area contributed by atoms with Crippen LogP contribution in [0.4, 0.5) is 0 Å². The summed E-state index contributed by atoms with van der Waals surface area (Å²) >= 11 is 4.87. The van der Waals surface area contributed by atoms with Crippen LogP contribution in [-0.4, -0.2) is 11.0 Å². The number of allylic oxidation sites excluding steroid dienone is 1. The molecular weight excluding hydrogens is 190 g/mol. The Hall–Kier alpha value is -1.35. The molecule has 0 aromatic carbocycles. The van der Waals surface area contributed by atoms with Crippen LogP contribution in [0.1, 0.15) is 12.5 Å². The normalized spacial score (nSPS) is 11.1. The summed E-state index contributed by atoms with van der Waals surface area (Å²) in [5.74, 6) is -0.581. The van der Waals surface area contributed by atoms with Crippen LogP contribution in [0.3, 0.4) is 0 Å². The third-order valence-electron chi connectivity index (χ3n) is 1.53. The van der Waals surface area contributed by atoms with Crippen molar-refractivity contribution >= 4 is 23.4 Å². The molecule has 0 bridgehead atoms. The van der Waals surface area contributed by atoms with Crippen LogP contribution in [0.15, 0.2) is 30.6 Å². The van der Waals surface area contributed by atoms with Crippen molar-refractivity contribution in [3.05, 3.63) is 36.2 Å². The second kappa shape index (κ2) is 4.62. The van der Waals surface area contributed by atoms with Crippen LogP contribution < -0.4 is 0 Å². The first kappa shape index (κ1) is 9.74. The van der Waals surface area contributed by atoms with Gasteiger partial charge in [0.1, 0.15) is 11.9 Å². The zero-order chi connectivity index (χ0) is 9.68. The van der Waals surface area contributed by atoms with E-state index in [1.165, 1.54) is 6.08 Å². The van der Waals surface area contributed by atoms with E-state index in [1.807, 2.05) is 6.07 Å². The number of halogens is 1. The van der Waals surface area contributed by atoms with E-state index in [2.05, 4.69) is 9.27 Å². The fourth-order valence-corrected chi connectivity index (χ4v) is 0.923. The zero-order valence-electron chi connectivity index (χ0n) is 7.03. The van der Waals surface area contributed by atoms with Crippen LogP contribution >= 0.6 is 11.9 Å². The zero-order valence-corrected chi connectivity index (χ0v) is 7.78. The van der Waals surface area contributed by atoms with Gasteiger partial charge in [-0.1, -0.05) is 6.07 Å². The minimum atomic E-state index is -0.581. The third kappa shape index (κ3) is 2.87. The van der Waals surface area contributed by atoms with Crippen LogP contribution in [0.2, 0.25) is 0 Å². The molecule has 0 atom stereocenters. The lowest BCUT2D eigenvalue weighted by Gasteiger charge is -1.97. The third-order valence-corrected chi connectivity index (χ3v) is 1.68. The summed E-state index contributed by atoms with van der Waals surface area (Å²) in [6.45, 7) is 1.78. The van der Waals surface area contributed by atoms with E-state index in [9.17, 15) is 4.79 Å². The Kier molecular flexibility index (Phi) is 3.46. The van der Waals surface area contributed by atoms with Gasteiger partial charge in [0, 0.05) is 18.5 Å². The first-order chi connectivity index (χ1) is 6.24. The van der Waals surface area contributed by atoms with Crippen molar-refractivity contribution in [3.8, 4) is 0 Å². The molecule has 1 aromatic rings. The maximum absolute atomic E-state index is 10.7. The lowest BCUT2D eigenvalue weighted by atomic mass is 10.1. The van der Waals surface area contributed by atoms with Gasteiger partial charge in [0.05, 0.1) is 0 Å². The smallest absolute Gasteiger partial charge is 0.344 e. The van der Waals surface area contributed by atoms with Crippen molar-refractivity contribution in [1.29, 1.82) is 0 Å². The van der Waals surface area contributed by atoms with Gasteiger partial charge in [0.15, 0.2) is 0 Å². The highest BCUT2D eigenvalue weighted by molar-refractivity contribution is 6.15. The van der Waals surface area contributed by atoms with Crippen LogP contribution in [0.25, 0.3) is 5.57 Å². The van der Waals surface area contributed by atoms with Crippen LogP contribution in [0, 0.1) is 0 Å². The van der Waals surface area contributed by atoms with Gasteiger partial charge in [-0.05, 0) is 24.1 Å². The van der Waals surface area contributed by atoms with Crippen LogP contribution in [-0.2, 0) is 9.08 Å². The molecule has 0 radical (unpaired) electrons. The number of aromatic nitrogens is 1. The van der Waals surface area contributed by atoms with Gasteiger partial charge in [-0.3, -0.25) is 4.98 Å². The van der Waals surface area contributed by atoms with E-state index >= 15 is 0 Å². The van der Waals surface area contributed by atoms with Gasteiger partial charge < -0.3 is 4.29 Å². The molecular formula is C9H8ClNO2. The first-order valence-electron chi connectivity index (χ1n) is 3.65. The molecule has 0 aliphatic heterocycles. The van der Waals surface area contributed by atoms with E-state index in [4.69, 9.17) is 11.9 Å². The van der Waals surface area contributed by atoms with Crippen molar-refractivity contribution < 1.29 is 9.08 Å². The van der Waals surface area contributed by atoms with Gasteiger partial charge in [0.25, 0.3) is 0 Å². The standard InChI is InChI=1S/C9H8ClNO2/c1-7(5-9(12)13-10)8-3-2-4-11-6-8/h2-6H,1H3/b7-5+. The molecule has 1 heterocycles. The van der Waals surface area contributed by atoms with E-state index < -0.39 is 5.97 Å². The topological polar surface area (TPSA) is 39.2 Å². The first-order valence-corrected chi connectivity index (χ1v) is 3.96. The van der Waals surface area contributed by atoms with Crippen molar-refractivity contribution in [2.45, 2.75) is 6.92 Å². The number of pyridine rings is 1. The Bertz CT molecular complexity index is 322. The monoisotopic (exact) mass is 197 g/mol. The van der Waals surface area contributed by atoms with E-state index in [0.29, 0.717) is 0 Å².